The zero-order valence-corrected chi connectivity index (χ0v) is 13.9. The fourth-order valence-electron chi connectivity index (χ4n) is 2.96. The molecule has 138 valence electrons. The molecule has 0 aliphatic carbocycles. The van der Waals surface area contributed by atoms with Crippen molar-refractivity contribution in [3.8, 4) is 0 Å². The lowest BCUT2D eigenvalue weighted by atomic mass is 10.2. The van der Waals surface area contributed by atoms with Crippen molar-refractivity contribution in [3.63, 3.8) is 0 Å². The Morgan fingerprint density at radius 3 is 2.35 bits per heavy atom. The molecule has 1 aromatic heterocycles. The number of aromatic nitrogens is 1. The van der Waals surface area contributed by atoms with Gasteiger partial charge in [0, 0.05) is 30.7 Å². The predicted octanol–water partition coefficient (Wildman–Crippen LogP) is 3.11. The minimum absolute atomic E-state index is 0.489. The minimum Gasteiger partial charge on any atom is -0.372 e. The third-order valence-corrected chi connectivity index (χ3v) is 4.26. The van der Waals surface area contributed by atoms with Gasteiger partial charge in [-0.2, -0.15) is 13.2 Å². The van der Waals surface area contributed by atoms with E-state index in [1.165, 1.54) is 0 Å². The monoisotopic (exact) mass is 365 g/mol. The number of benzene rings is 1. The smallest absolute Gasteiger partial charge is 0.372 e. The Labute approximate surface area is 148 Å². The second kappa shape index (κ2) is 7.23. The predicted molar refractivity (Wildman–Crippen MR) is 92.2 cm³/mol. The lowest BCUT2D eigenvalue weighted by Crippen LogP contribution is -2.31. The average Bonchev–Trinajstić information content (AvgIpc) is 3.11. The second-order valence-electron chi connectivity index (χ2n) is 6.14. The molecule has 1 saturated heterocycles. The number of rotatable bonds is 4. The summed E-state index contributed by atoms with van der Waals surface area (Å²) in [5, 5.41) is 2.60. The Hall–Kier alpha value is -2.77. The number of carbonyl (C=O) groups excluding carboxylic acids is 1. The highest BCUT2D eigenvalue weighted by Gasteiger charge is 2.34. The van der Waals surface area contributed by atoms with Crippen LogP contribution >= 0.6 is 0 Å². The maximum atomic E-state index is 12.8. The Morgan fingerprint density at radius 2 is 1.73 bits per heavy atom. The summed E-state index contributed by atoms with van der Waals surface area (Å²) >= 11 is 0. The zero-order chi connectivity index (χ0) is 18.7. The van der Waals surface area contributed by atoms with Crippen molar-refractivity contribution in [2.45, 2.75) is 25.6 Å². The highest BCUT2D eigenvalue weighted by molar-refractivity contribution is 5.90. The third-order valence-electron chi connectivity index (χ3n) is 4.26. The highest BCUT2D eigenvalue weighted by atomic mass is 19.4. The molecule has 1 N–H and O–H groups in total. The van der Waals surface area contributed by atoms with Gasteiger partial charge in [0.15, 0.2) is 0 Å². The number of halogens is 3. The first-order valence-electron chi connectivity index (χ1n) is 8.26. The van der Waals surface area contributed by atoms with Crippen LogP contribution in [0.15, 0.2) is 47.4 Å². The first-order chi connectivity index (χ1) is 12.3. The molecule has 3 rings (SSSR count). The van der Waals surface area contributed by atoms with Gasteiger partial charge in [-0.15, -0.1) is 0 Å². The molecule has 0 radical (unpaired) electrons. The number of nitrogens with zero attached hydrogens (tertiary/aromatic N) is 2. The molecule has 1 aliphatic rings. The number of amides is 1. The fraction of sp³-hybridized carbons (Fsp3) is 0.333. The molecule has 8 heteroatoms. The van der Waals surface area contributed by atoms with Gasteiger partial charge in [0.05, 0.1) is 0 Å². The summed E-state index contributed by atoms with van der Waals surface area (Å²) in [5.41, 5.74) is -0.935. The molecule has 0 bridgehead atoms. The van der Waals surface area contributed by atoms with Gasteiger partial charge in [0.2, 0.25) is 5.91 Å². The quantitative estimate of drug-likeness (QED) is 0.906. The van der Waals surface area contributed by atoms with Crippen molar-refractivity contribution in [2.24, 2.45) is 0 Å². The number of anilines is 2. The molecule has 1 fully saturated rings. The van der Waals surface area contributed by atoms with Crippen LogP contribution in [0.25, 0.3) is 0 Å². The van der Waals surface area contributed by atoms with E-state index >= 15 is 0 Å². The molecule has 5 nitrogen and oxygen atoms in total. The van der Waals surface area contributed by atoms with Crippen molar-refractivity contribution >= 4 is 17.3 Å². The van der Waals surface area contributed by atoms with Gasteiger partial charge in [-0.05, 0) is 49.2 Å². The molecule has 0 unspecified atom stereocenters. The maximum Gasteiger partial charge on any atom is 0.421 e. The number of pyridine rings is 1. The maximum absolute atomic E-state index is 12.8. The molecule has 26 heavy (non-hydrogen) atoms. The standard InChI is InChI=1S/C18H18F3N3O2/c19-18(20,21)15-4-3-11-24(17(15)26)12-16(25)22-13-5-7-14(8-6-13)23-9-1-2-10-23/h3-8,11H,1-2,9-10,12H2,(H,22,25). The summed E-state index contributed by atoms with van der Waals surface area (Å²) in [4.78, 5) is 26.2. The number of hydrogen-bond donors (Lipinski definition) is 1. The largest absolute Gasteiger partial charge is 0.421 e. The van der Waals surface area contributed by atoms with E-state index in [4.69, 9.17) is 0 Å². The first kappa shape index (κ1) is 18.0. The highest BCUT2D eigenvalue weighted by Crippen LogP contribution is 2.26. The van der Waals surface area contributed by atoms with E-state index in [9.17, 15) is 22.8 Å². The topological polar surface area (TPSA) is 54.3 Å². The van der Waals surface area contributed by atoms with Gasteiger partial charge in [-0.3, -0.25) is 9.59 Å². The molecular formula is C18H18F3N3O2. The SMILES string of the molecule is O=C(Cn1cccc(C(F)(F)F)c1=O)Nc1ccc(N2CCCC2)cc1. The van der Waals surface area contributed by atoms with Crippen LogP contribution in [0, 0.1) is 0 Å². The fourth-order valence-corrected chi connectivity index (χ4v) is 2.96. The Balaban J connectivity index is 1.67. The van der Waals surface area contributed by atoms with E-state index in [2.05, 4.69) is 10.2 Å². The van der Waals surface area contributed by atoms with Crippen molar-refractivity contribution in [2.75, 3.05) is 23.3 Å². The van der Waals surface area contributed by atoms with E-state index in [1.54, 1.807) is 12.1 Å². The van der Waals surface area contributed by atoms with Gasteiger partial charge in [0.1, 0.15) is 12.1 Å². The molecule has 1 aliphatic heterocycles. The van der Waals surface area contributed by atoms with Crippen molar-refractivity contribution in [1.29, 1.82) is 0 Å². The molecule has 0 saturated carbocycles. The van der Waals surface area contributed by atoms with E-state index in [-0.39, 0.29) is 0 Å². The minimum atomic E-state index is -4.75. The van der Waals surface area contributed by atoms with Crippen molar-refractivity contribution in [3.05, 3.63) is 58.5 Å². The van der Waals surface area contributed by atoms with Crippen LogP contribution in [-0.2, 0) is 17.5 Å². The molecule has 2 heterocycles. The lowest BCUT2D eigenvalue weighted by molar-refractivity contribution is -0.139. The van der Waals surface area contributed by atoms with E-state index in [1.807, 2.05) is 12.1 Å². The number of hydrogen-bond acceptors (Lipinski definition) is 3. The van der Waals surface area contributed by atoms with Gasteiger partial charge in [-0.25, -0.2) is 0 Å². The van der Waals surface area contributed by atoms with Gasteiger partial charge >= 0.3 is 6.18 Å². The molecule has 1 amide bonds. The van der Waals surface area contributed by atoms with Crippen LogP contribution in [-0.4, -0.2) is 23.6 Å². The summed E-state index contributed by atoms with van der Waals surface area (Å²) in [6, 6.07) is 9.05. The lowest BCUT2D eigenvalue weighted by Gasteiger charge is -2.17. The first-order valence-corrected chi connectivity index (χ1v) is 8.26. The van der Waals surface area contributed by atoms with Crippen LogP contribution < -0.4 is 15.8 Å². The summed E-state index contributed by atoms with van der Waals surface area (Å²) in [7, 11) is 0. The zero-order valence-electron chi connectivity index (χ0n) is 13.9. The number of nitrogens with one attached hydrogen (secondary N) is 1. The molecule has 0 spiro atoms. The van der Waals surface area contributed by atoms with E-state index in [0.717, 1.165) is 48.4 Å². The molecular weight excluding hydrogens is 347 g/mol. The average molecular weight is 365 g/mol. The van der Waals surface area contributed by atoms with Crippen LogP contribution in [0.2, 0.25) is 0 Å². The molecule has 2 aromatic rings. The number of carbonyl (C=O) groups is 1. The van der Waals surface area contributed by atoms with Crippen LogP contribution in [0.5, 0.6) is 0 Å². The third kappa shape index (κ3) is 4.07. The Bertz CT molecular complexity index is 838. The second-order valence-corrected chi connectivity index (χ2v) is 6.14. The van der Waals surface area contributed by atoms with Crippen LogP contribution in [0.1, 0.15) is 18.4 Å². The Morgan fingerprint density at radius 1 is 1.08 bits per heavy atom. The summed E-state index contributed by atoms with van der Waals surface area (Å²) in [5.74, 6) is -0.569. The summed E-state index contributed by atoms with van der Waals surface area (Å²) in [6.07, 6.45) is -1.27. The van der Waals surface area contributed by atoms with Crippen molar-refractivity contribution < 1.29 is 18.0 Å². The van der Waals surface area contributed by atoms with E-state index in [0.29, 0.717) is 11.8 Å². The summed E-state index contributed by atoms with van der Waals surface area (Å²) in [6.45, 7) is 1.52. The van der Waals surface area contributed by atoms with Crippen molar-refractivity contribution in [1.82, 2.24) is 4.57 Å². The Kier molecular flexibility index (Phi) is 5.01. The van der Waals surface area contributed by atoms with Crippen LogP contribution in [0.3, 0.4) is 0 Å². The molecule has 0 atom stereocenters. The summed E-state index contributed by atoms with van der Waals surface area (Å²) < 4.78 is 39.0. The van der Waals surface area contributed by atoms with Gasteiger partial charge in [0.25, 0.3) is 5.56 Å². The normalized spacial score (nSPS) is 14.5. The van der Waals surface area contributed by atoms with E-state index < -0.39 is 29.8 Å². The van der Waals surface area contributed by atoms with Gasteiger partial charge < -0.3 is 14.8 Å². The number of alkyl halides is 3. The molecule has 1 aromatic carbocycles. The van der Waals surface area contributed by atoms with Gasteiger partial charge in [-0.1, -0.05) is 0 Å². The van der Waals surface area contributed by atoms with Crippen LogP contribution in [0.4, 0.5) is 24.5 Å².